The molecular weight excluding hydrogens is 252 g/mol. The second-order valence-electron chi connectivity index (χ2n) is 4.83. The maximum Gasteiger partial charge on any atom is 0.128 e. The van der Waals surface area contributed by atoms with Gasteiger partial charge in [0.05, 0.1) is 26.0 Å². The predicted molar refractivity (Wildman–Crippen MR) is 77.5 cm³/mol. The Hall–Kier alpha value is -2.14. The fraction of sp³-hybridized carbons (Fsp3) is 0.333. The molecule has 20 heavy (non-hydrogen) atoms. The number of rotatable bonds is 5. The first-order valence-corrected chi connectivity index (χ1v) is 6.75. The molecule has 0 atom stereocenters. The Morgan fingerprint density at radius 1 is 1.30 bits per heavy atom. The summed E-state index contributed by atoms with van der Waals surface area (Å²) >= 11 is 0. The second kappa shape index (κ2) is 5.88. The van der Waals surface area contributed by atoms with Crippen LogP contribution in [0, 0.1) is 0 Å². The van der Waals surface area contributed by atoms with Gasteiger partial charge >= 0.3 is 0 Å². The first kappa shape index (κ1) is 12.9. The molecule has 3 rings (SSSR count). The van der Waals surface area contributed by atoms with Gasteiger partial charge in [-0.3, -0.25) is 9.67 Å². The van der Waals surface area contributed by atoms with Gasteiger partial charge in [-0.2, -0.15) is 5.10 Å². The second-order valence-corrected chi connectivity index (χ2v) is 4.83. The minimum Gasteiger partial charge on any atom is -0.372 e. The molecule has 0 amide bonds. The van der Waals surface area contributed by atoms with Gasteiger partial charge in [0.25, 0.3) is 0 Å². The van der Waals surface area contributed by atoms with Crippen LogP contribution in [0.3, 0.4) is 0 Å². The number of nitrogens with one attached hydrogen (secondary N) is 1. The minimum absolute atomic E-state index is 0.572. The first-order valence-electron chi connectivity index (χ1n) is 6.75. The third-order valence-electron chi connectivity index (χ3n) is 3.23. The van der Waals surface area contributed by atoms with Gasteiger partial charge in [-0.15, -0.1) is 0 Å². The van der Waals surface area contributed by atoms with E-state index in [0.29, 0.717) is 13.2 Å². The van der Waals surface area contributed by atoms with Crippen molar-refractivity contribution in [1.82, 2.24) is 15.1 Å². The van der Waals surface area contributed by atoms with Crippen LogP contribution in [0.25, 0.3) is 0 Å². The highest BCUT2D eigenvalue weighted by Crippen LogP contribution is 2.13. The van der Waals surface area contributed by atoms with Crippen molar-refractivity contribution < 1.29 is 4.74 Å². The molecule has 1 N–H and O–H groups in total. The van der Waals surface area contributed by atoms with Crippen LogP contribution in [-0.4, -0.2) is 28.7 Å². The zero-order valence-electron chi connectivity index (χ0n) is 11.5. The van der Waals surface area contributed by atoms with Crippen LogP contribution in [0.4, 0.5) is 0 Å². The van der Waals surface area contributed by atoms with Crippen LogP contribution in [-0.2, 0) is 25.0 Å². The van der Waals surface area contributed by atoms with E-state index in [1.54, 1.807) is 4.68 Å². The Labute approximate surface area is 118 Å². The van der Waals surface area contributed by atoms with Crippen molar-refractivity contribution in [2.24, 2.45) is 12.0 Å². The van der Waals surface area contributed by atoms with Gasteiger partial charge in [-0.05, 0) is 5.56 Å². The van der Waals surface area contributed by atoms with Crippen molar-refractivity contribution >= 4 is 5.84 Å². The van der Waals surface area contributed by atoms with Gasteiger partial charge in [0.1, 0.15) is 5.84 Å². The summed E-state index contributed by atoms with van der Waals surface area (Å²) in [5.74, 6) is 0.977. The van der Waals surface area contributed by atoms with E-state index in [4.69, 9.17) is 4.74 Å². The van der Waals surface area contributed by atoms with Crippen LogP contribution in [0.2, 0.25) is 0 Å². The SMILES string of the molecule is Cn1cc(COCc2ccccc2C2=NCCN2)cn1. The predicted octanol–water partition coefficient (Wildman–Crippen LogP) is 1.49. The third-order valence-corrected chi connectivity index (χ3v) is 3.23. The summed E-state index contributed by atoms with van der Waals surface area (Å²) in [6.45, 7) is 2.91. The summed E-state index contributed by atoms with van der Waals surface area (Å²) in [6.07, 6.45) is 3.79. The zero-order chi connectivity index (χ0) is 13.8. The summed E-state index contributed by atoms with van der Waals surface area (Å²) in [4.78, 5) is 4.47. The number of benzene rings is 1. The van der Waals surface area contributed by atoms with Gasteiger partial charge in [0.2, 0.25) is 0 Å². The number of hydrogen-bond donors (Lipinski definition) is 1. The van der Waals surface area contributed by atoms with E-state index < -0.39 is 0 Å². The zero-order valence-corrected chi connectivity index (χ0v) is 11.5. The lowest BCUT2D eigenvalue weighted by molar-refractivity contribution is 0.107. The quantitative estimate of drug-likeness (QED) is 0.895. The highest BCUT2D eigenvalue weighted by molar-refractivity contribution is 6.00. The Morgan fingerprint density at radius 3 is 2.95 bits per heavy atom. The van der Waals surface area contributed by atoms with E-state index in [-0.39, 0.29) is 0 Å². The molecule has 2 heterocycles. The van der Waals surface area contributed by atoms with Crippen LogP contribution >= 0.6 is 0 Å². The Morgan fingerprint density at radius 2 is 2.20 bits per heavy atom. The number of aryl methyl sites for hydroxylation is 1. The first-order chi connectivity index (χ1) is 9.83. The number of hydrogen-bond acceptors (Lipinski definition) is 4. The Balaban J connectivity index is 1.65. The normalized spacial score (nSPS) is 14.2. The van der Waals surface area contributed by atoms with Crippen LogP contribution in [0.1, 0.15) is 16.7 Å². The van der Waals surface area contributed by atoms with Gasteiger partial charge in [-0.25, -0.2) is 0 Å². The van der Waals surface area contributed by atoms with E-state index in [9.17, 15) is 0 Å². The highest BCUT2D eigenvalue weighted by atomic mass is 16.5. The van der Waals surface area contributed by atoms with Crippen LogP contribution < -0.4 is 5.32 Å². The maximum absolute atomic E-state index is 5.78. The molecule has 0 aliphatic carbocycles. The molecule has 1 aliphatic heterocycles. The third kappa shape index (κ3) is 2.88. The van der Waals surface area contributed by atoms with Crippen LogP contribution in [0.15, 0.2) is 41.7 Å². The van der Waals surface area contributed by atoms with Crippen molar-refractivity contribution in [2.45, 2.75) is 13.2 Å². The lowest BCUT2D eigenvalue weighted by Crippen LogP contribution is -2.21. The number of nitrogens with zero attached hydrogens (tertiary/aromatic N) is 3. The summed E-state index contributed by atoms with van der Waals surface area (Å²) in [5, 5.41) is 7.44. The van der Waals surface area contributed by atoms with E-state index in [0.717, 1.165) is 35.6 Å². The molecule has 1 aromatic heterocycles. The van der Waals surface area contributed by atoms with Gasteiger partial charge in [-0.1, -0.05) is 24.3 Å². The van der Waals surface area contributed by atoms with E-state index in [1.807, 2.05) is 31.6 Å². The number of amidine groups is 1. The van der Waals surface area contributed by atoms with Gasteiger partial charge in [0, 0.05) is 30.9 Å². The molecule has 2 aromatic rings. The molecule has 0 spiro atoms. The molecule has 0 fully saturated rings. The lowest BCUT2D eigenvalue weighted by Gasteiger charge is -2.10. The lowest BCUT2D eigenvalue weighted by atomic mass is 10.1. The molecule has 0 saturated heterocycles. The van der Waals surface area contributed by atoms with Crippen molar-refractivity contribution in [3.8, 4) is 0 Å². The highest BCUT2D eigenvalue weighted by Gasteiger charge is 2.12. The van der Waals surface area contributed by atoms with E-state index >= 15 is 0 Å². The smallest absolute Gasteiger partial charge is 0.128 e. The molecular formula is C15H18N4O. The van der Waals surface area contributed by atoms with Crippen LogP contribution in [0.5, 0.6) is 0 Å². The molecule has 5 nitrogen and oxygen atoms in total. The molecule has 0 bridgehead atoms. The van der Waals surface area contributed by atoms with Crippen molar-refractivity contribution in [1.29, 1.82) is 0 Å². The molecule has 1 aliphatic rings. The summed E-state index contributed by atoms with van der Waals surface area (Å²) in [6, 6.07) is 8.23. The van der Waals surface area contributed by atoms with Gasteiger partial charge < -0.3 is 10.1 Å². The molecule has 0 saturated carbocycles. The minimum atomic E-state index is 0.572. The standard InChI is InChI=1S/C15H18N4O/c1-19-9-12(8-18-19)10-20-11-13-4-2-3-5-14(13)15-16-6-7-17-15/h2-5,8-9H,6-7,10-11H2,1H3,(H,16,17). The van der Waals surface area contributed by atoms with E-state index in [2.05, 4.69) is 27.5 Å². The Bertz CT molecular complexity index is 618. The molecule has 0 unspecified atom stereocenters. The average Bonchev–Trinajstić information content (AvgIpc) is 3.11. The molecule has 5 heteroatoms. The Kier molecular flexibility index (Phi) is 3.78. The van der Waals surface area contributed by atoms with Crippen molar-refractivity contribution in [2.75, 3.05) is 13.1 Å². The van der Waals surface area contributed by atoms with Gasteiger partial charge in [0.15, 0.2) is 0 Å². The number of aromatic nitrogens is 2. The topological polar surface area (TPSA) is 51.4 Å². The summed E-state index contributed by atoms with van der Waals surface area (Å²) < 4.78 is 7.56. The largest absolute Gasteiger partial charge is 0.372 e. The fourth-order valence-corrected chi connectivity index (χ4v) is 2.28. The van der Waals surface area contributed by atoms with Crippen molar-refractivity contribution in [3.63, 3.8) is 0 Å². The molecule has 0 radical (unpaired) electrons. The molecule has 104 valence electrons. The average molecular weight is 270 g/mol. The monoisotopic (exact) mass is 270 g/mol. The maximum atomic E-state index is 5.78. The number of aliphatic imine (C=N–C) groups is 1. The summed E-state index contributed by atoms with van der Waals surface area (Å²) in [7, 11) is 1.91. The van der Waals surface area contributed by atoms with Crippen molar-refractivity contribution in [3.05, 3.63) is 53.3 Å². The fourth-order valence-electron chi connectivity index (χ4n) is 2.28. The number of ether oxygens (including phenoxy) is 1. The summed E-state index contributed by atoms with van der Waals surface area (Å²) in [5.41, 5.74) is 3.38. The van der Waals surface area contributed by atoms with E-state index in [1.165, 1.54) is 0 Å². The molecule has 1 aromatic carbocycles.